The summed E-state index contributed by atoms with van der Waals surface area (Å²) in [5.41, 5.74) is 0.182. The van der Waals surface area contributed by atoms with E-state index >= 15 is 0 Å². The first-order valence-electron chi connectivity index (χ1n) is 5.71. The van der Waals surface area contributed by atoms with E-state index in [9.17, 15) is 5.11 Å². The van der Waals surface area contributed by atoms with E-state index in [1.54, 1.807) is 0 Å². The summed E-state index contributed by atoms with van der Waals surface area (Å²) < 4.78 is 0. The Morgan fingerprint density at radius 2 is 2.00 bits per heavy atom. The highest BCUT2D eigenvalue weighted by Gasteiger charge is 2.15. The van der Waals surface area contributed by atoms with Gasteiger partial charge in [-0.15, -0.1) is 0 Å². The predicted octanol–water partition coefficient (Wildman–Crippen LogP) is 2.07. The van der Waals surface area contributed by atoms with Gasteiger partial charge in [-0.05, 0) is 31.2 Å². The molecular formula is C12H24N2O. The second kappa shape index (κ2) is 7.67. The van der Waals surface area contributed by atoms with Crippen molar-refractivity contribution >= 4 is 0 Å². The normalized spacial score (nSPS) is 13.5. The van der Waals surface area contributed by atoms with Gasteiger partial charge >= 0.3 is 0 Å². The summed E-state index contributed by atoms with van der Waals surface area (Å²) in [7, 11) is 0. The molecule has 0 saturated carbocycles. The van der Waals surface area contributed by atoms with Crippen molar-refractivity contribution in [1.82, 2.24) is 5.32 Å². The Hall–Kier alpha value is -0.590. The molecule has 88 valence electrons. The molecule has 0 aliphatic heterocycles. The van der Waals surface area contributed by atoms with E-state index < -0.39 is 0 Å². The first kappa shape index (κ1) is 14.4. The summed E-state index contributed by atoms with van der Waals surface area (Å²) in [5.74, 6) is 0. The Balaban J connectivity index is 3.32. The molecule has 0 amide bonds. The third-order valence-electron chi connectivity index (χ3n) is 2.12. The second-order valence-corrected chi connectivity index (χ2v) is 5.24. The maximum absolute atomic E-state index is 9.67. The smallest absolute Gasteiger partial charge is 0.0669 e. The standard InChI is InChI=1S/C12H24N2O/c1-12(2,3)9-11(15)10-14-8-6-4-5-7-13/h11,14-15H,4-6,8-10H2,1-3H3. The molecule has 0 aromatic rings. The van der Waals surface area contributed by atoms with Crippen molar-refractivity contribution in [3.8, 4) is 6.07 Å². The minimum Gasteiger partial charge on any atom is -0.392 e. The van der Waals surface area contributed by atoms with E-state index in [1.165, 1.54) is 0 Å². The zero-order chi connectivity index (χ0) is 11.7. The SMILES string of the molecule is CC(C)(C)CC(O)CNCCCCC#N. The number of aliphatic hydroxyl groups is 1. The molecule has 0 aliphatic rings. The maximum atomic E-state index is 9.67. The summed E-state index contributed by atoms with van der Waals surface area (Å²) in [4.78, 5) is 0. The molecule has 15 heavy (non-hydrogen) atoms. The molecule has 3 heteroatoms. The fraction of sp³-hybridized carbons (Fsp3) is 0.917. The average molecular weight is 212 g/mol. The second-order valence-electron chi connectivity index (χ2n) is 5.24. The third-order valence-corrected chi connectivity index (χ3v) is 2.12. The van der Waals surface area contributed by atoms with Crippen LogP contribution in [0.15, 0.2) is 0 Å². The molecule has 0 spiro atoms. The number of nitrogens with zero attached hydrogens (tertiary/aromatic N) is 1. The van der Waals surface area contributed by atoms with E-state index in [-0.39, 0.29) is 11.5 Å². The quantitative estimate of drug-likeness (QED) is 0.635. The number of unbranched alkanes of at least 4 members (excludes halogenated alkanes) is 2. The van der Waals surface area contributed by atoms with Crippen molar-refractivity contribution in [2.75, 3.05) is 13.1 Å². The van der Waals surface area contributed by atoms with Crippen LogP contribution in [0, 0.1) is 16.7 Å². The lowest BCUT2D eigenvalue weighted by atomic mass is 9.89. The van der Waals surface area contributed by atoms with E-state index in [0.29, 0.717) is 13.0 Å². The lowest BCUT2D eigenvalue weighted by molar-refractivity contribution is 0.120. The van der Waals surface area contributed by atoms with Gasteiger partial charge in [0.1, 0.15) is 0 Å². The fourth-order valence-electron chi connectivity index (χ4n) is 1.50. The van der Waals surface area contributed by atoms with Crippen LogP contribution in [0.25, 0.3) is 0 Å². The number of rotatable bonds is 7. The van der Waals surface area contributed by atoms with Gasteiger partial charge in [0.05, 0.1) is 12.2 Å². The molecule has 0 rings (SSSR count). The molecule has 3 nitrogen and oxygen atoms in total. The number of aliphatic hydroxyl groups excluding tert-OH is 1. The van der Waals surface area contributed by atoms with Crippen LogP contribution in [0.5, 0.6) is 0 Å². The maximum Gasteiger partial charge on any atom is 0.0669 e. The Labute approximate surface area is 93.5 Å². The van der Waals surface area contributed by atoms with Crippen LogP contribution in [0.2, 0.25) is 0 Å². The predicted molar refractivity (Wildman–Crippen MR) is 62.4 cm³/mol. The minimum atomic E-state index is -0.263. The van der Waals surface area contributed by atoms with Gasteiger partial charge in [0.2, 0.25) is 0 Å². The van der Waals surface area contributed by atoms with Gasteiger partial charge in [-0.2, -0.15) is 5.26 Å². The van der Waals surface area contributed by atoms with Gasteiger partial charge in [-0.25, -0.2) is 0 Å². The molecule has 2 N–H and O–H groups in total. The van der Waals surface area contributed by atoms with Crippen molar-refractivity contribution in [2.45, 2.75) is 52.6 Å². The van der Waals surface area contributed by atoms with Crippen molar-refractivity contribution < 1.29 is 5.11 Å². The van der Waals surface area contributed by atoms with Crippen LogP contribution in [0.4, 0.5) is 0 Å². The molecule has 0 heterocycles. The highest BCUT2D eigenvalue weighted by Crippen LogP contribution is 2.20. The molecule has 0 saturated heterocycles. The number of hydrogen-bond donors (Lipinski definition) is 2. The zero-order valence-electron chi connectivity index (χ0n) is 10.2. The zero-order valence-corrected chi connectivity index (χ0v) is 10.2. The average Bonchev–Trinajstić information content (AvgIpc) is 2.08. The molecular weight excluding hydrogens is 188 g/mol. The Kier molecular flexibility index (Phi) is 7.37. The van der Waals surface area contributed by atoms with Crippen LogP contribution >= 0.6 is 0 Å². The van der Waals surface area contributed by atoms with Gasteiger partial charge in [0, 0.05) is 13.0 Å². The fourth-order valence-corrected chi connectivity index (χ4v) is 1.50. The topological polar surface area (TPSA) is 56.0 Å². The van der Waals surface area contributed by atoms with Gasteiger partial charge in [0.25, 0.3) is 0 Å². The van der Waals surface area contributed by atoms with Crippen molar-refractivity contribution in [1.29, 1.82) is 5.26 Å². The molecule has 0 fully saturated rings. The van der Waals surface area contributed by atoms with Crippen molar-refractivity contribution in [3.63, 3.8) is 0 Å². The van der Waals surface area contributed by atoms with Crippen LogP contribution < -0.4 is 5.32 Å². The van der Waals surface area contributed by atoms with Crippen molar-refractivity contribution in [3.05, 3.63) is 0 Å². The Morgan fingerprint density at radius 3 is 2.53 bits per heavy atom. The van der Waals surface area contributed by atoms with Gasteiger partial charge in [-0.1, -0.05) is 20.8 Å². The highest BCUT2D eigenvalue weighted by molar-refractivity contribution is 4.71. The summed E-state index contributed by atoms with van der Waals surface area (Å²) in [6.45, 7) is 7.93. The minimum absolute atomic E-state index is 0.182. The number of nitrogens with one attached hydrogen (secondary N) is 1. The highest BCUT2D eigenvalue weighted by atomic mass is 16.3. The summed E-state index contributed by atoms with van der Waals surface area (Å²) >= 11 is 0. The third kappa shape index (κ3) is 11.3. The molecule has 0 bridgehead atoms. The summed E-state index contributed by atoms with van der Waals surface area (Å²) in [5, 5.41) is 21.2. The summed E-state index contributed by atoms with van der Waals surface area (Å²) in [6, 6.07) is 2.12. The molecule has 1 unspecified atom stereocenters. The van der Waals surface area contributed by atoms with Crippen LogP contribution in [0.1, 0.15) is 46.5 Å². The number of hydrogen-bond acceptors (Lipinski definition) is 3. The Bertz CT molecular complexity index is 191. The van der Waals surface area contributed by atoms with E-state index in [0.717, 1.165) is 25.8 Å². The van der Waals surface area contributed by atoms with E-state index in [2.05, 4.69) is 32.2 Å². The van der Waals surface area contributed by atoms with Crippen LogP contribution in [-0.4, -0.2) is 24.3 Å². The lowest BCUT2D eigenvalue weighted by Crippen LogP contribution is -2.30. The molecule has 0 radical (unpaired) electrons. The van der Waals surface area contributed by atoms with Gasteiger partial charge in [-0.3, -0.25) is 0 Å². The molecule has 0 aromatic carbocycles. The monoisotopic (exact) mass is 212 g/mol. The largest absolute Gasteiger partial charge is 0.392 e. The van der Waals surface area contributed by atoms with Crippen LogP contribution in [0.3, 0.4) is 0 Å². The van der Waals surface area contributed by atoms with Crippen LogP contribution in [-0.2, 0) is 0 Å². The van der Waals surface area contributed by atoms with E-state index in [1.807, 2.05) is 0 Å². The molecule has 1 atom stereocenters. The first-order chi connectivity index (χ1) is 6.95. The molecule has 0 aliphatic carbocycles. The lowest BCUT2D eigenvalue weighted by Gasteiger charge is -2.22. The first-order valence-corrected chi connectivity index (χ1v) is 5.71. The van der Waals surface area contributed by atoms with Crippen molar-refractivity contribution in [2.24, 2.45) is 5.41 Å². The molecule has 0 aromatic heterocycles. The Morgan fingerprint density at radius 1 is 1.33 bits per heavy atom. The number of nitriles is 1. The summed E-state index contributed by atoms with van der Waals surface area (Å²) in [6.07, 6.45) is 3.14. The van der Waals surface area contributed by atoms with E-state index in [4.69, 9.17) is 5.26 Å². The van der Waals surface area contributed by atoms with Gasteiger partial charge in [0.15, 0.2) is 0 Å². The van der Waals surface area contributed by atoms with Gasteiger partial charge < -0.3 is 10.4 Å².